The predicted octanol–water partition coefficient (Wildman–Crippen LogP) is 4.73. The van der Waals surface area contributed by atoms with Gasteiger partial charge in [-0.05, 0) is 42.5 Å². The predicted molar refractivity (Wildman–Crippen MR) is 92.5 cm³/mol. The molecule has 2 aromatic carbocycles. The highest BCUT2D eigenvalue weighted by molar-refractivity contribution is 7.21. The molecule has 0 fully saturated rings. The molecule has 0 atom stereocenters. The van der Waals surface area contributed by atoms with Crippen molar-refractivity contribution in [3.05, 3.63) is 63.7 Å². The smallest absolute Gasteiger partial charge is 0.337 e. The maximum Gasteiger partial charge on any atom is 0.337 e. The highest BCUT2D eigenvalue weighted by atomic mass is 35.5. The largest absolute Gasteiger partial charge is 0.465 e. The van der Waals surface area contributed by atoms with Crippen LogP contribution >= 0.6 is 22.9 Å². The lowest BCUT2D eigenvalue weighted by atomic mass is 10.2. The van der Waals surface area contributed by atoms with Gasteiger partial charge in [-0.3, -0.25) is 4.79 Å². The van der Waals surface area contributed by atoms with Crippen LogP contribution in [0.15, 0.2) is 42.5 Å². The first-order valence-electron chi connectivity index (χ1n) is 6.87. The van der Waals surface area contributed by atoms with E-state index in [1.54, 1.807) is 30.3 Å². The molecule has 0 bridgehead atoms. The molecule has 0 saturated heterocycles. The minimum atomic E-state index is -0.456. The third-order valence-electron chi connectivity index (χ3n) is 3.36. The van der Waals surface area contributed by atoms with Gasteiger partial charge in [0.15, 0.2) is 0 Å². The Hall–Kier alpha value is -2.44. The lowest BCUT2D eigenvalue weighted by molar-refractivity contribution is 0.0600. The van der Waals surface area contributed by atoms with E-state index < -0.39 is 11.9 Å². The van der Waals surface area contributed by atoms with Crippen LogP contribution in [-0.2, 0) is 4.74 Å². The zero-order chi connectivity index (χ0) is 17.3. The van der Waals surface area contributed by atoms with E-state index in [9.17, 15) is 14.0 Å². The van der Waals surface area contributed by atoms with Crippen molar-refractivity contribution in [2.75, 3.05) is 12.4 Å². The fourth-order valence-corrected chi connectivity index (χ4v) is 3.62. The molecular formula is C17H11ClFNO3S. The summed E-state index contributed by atoms with van der Waals surface area (Å²) in [6.45, 7) is 0. The minimum absolute atomic E-state index is 0.290. The number of carbonyl (C=O) groups excluding carboxylic acids is 2. The van der Waals surface area contributed by atoms with Gasteiger partial charge in [0.05, 0.1) is 17.7 Å². The molecule has 1 aromatic heterocycles. The second-order valence-electron chi connectivity index (χ2n) is 4.91. The van der Waals surface area contributed by atoms with Crippen LogP contribution in [0.2, 0.25) is 5.02 Å². The van der Waals surface area contributed by atoms with Gasteiger partial charge in [0.25, 0.3) is 5.91 Å². The van der Waals surface area contributed by atoms with Gasteiger partial charge in [-0.2, -0.15) is 0 Å². The number of methoxy groups -OCH3 is 1. The number of halogens is 2. The number of rotatable bonds is 3. The summed E-state index contributed by atoms with van der Waals surface area (Å²) in [6.07, 6.45) is 0. The number of benzene rings is 2. The first-order valence-corrected chi connectivity index (χ1v) is 8.06. The molecule has 3 aromatic rings. The summed E-state index contributed by atoms with van der Waals surface area (Å²) in [4.78, 5) is 24.1. The molecule has 0 aliphatic carbocycles. The van der Waals surface area contributed by atoms with Crippen LogP contribution in [0.3, 0.4) is 0 Å². The molecule has 0 radical (unpaired) electrons. The molecule has 0 aliphatic rings. The topological polar surface area (TPSA) is 55.4 Å². The Morgan fingerprint density at radius 2 is 1.88 bits per heavy atom. The van der Waals surface area contributed by atoms with Crippen LogP contribution in [0.25, 0.3) is 10.1 Å². The lowest BCUT2D eigenvalue weighted by Crippen LogP contribution is -2.11. The number of thiophene rings is 1. The monoisotopic (exact) mass is 363 g/mol. The van der Waals surface area contributed by atoms with Crippen LogP contribution in [0.1, 0.15) is 20.0 Å². The Labute approximate surface area is 145 Å². The third-order valence-corrected chi connectivity index (χ3v) is 5.02. The molecule has 0 aliphatic heterocycles. The molecule has 0 spiro atoms. The average Bonchev–Trinajstić information content (AvgIpc) is 2.91. The van der Waals surface area contributed by atoms with Gasteiger partial charge in [-0.25, -0.2) is 9.18 Å². The Morgan fingerprint density at radius 1 is 1.17 bits per heavy atom. The standard InChI is InChI=1S/C17H11ClFNO3S/c1-23-17(22)9-2-5-11(6-3-9)20-16(21)15-14(18)12-7-4-10(19)8-13(12)24-15/h2-8H,1H3,(H,20,21). The van der Waals surface area contributed by atoms with Crippen LogP contribution in [0.4, 0.5) is 10.1 Å². The number of amides is 1. The van der Waals surface area contributed by atoms with Gasteiger partial charge in [0.1, 0.15) is 10.7 Å². The first kappa shape index (κ1) is 16.4. The molecule has 122 valence electrons. The summed E-state index contributed by atoms with van der Waals surface area (Å²) in [5.74, 6) is -1.24. The summed E-state index contributed by atoms with van der Waals surface area (Å²) in [5.41, 5.74) is 0.887. The summed E-state index contributed by atoms with van der Waals surface area (Å²) in [5, 5.41) is 3.62. The van der Waals surface area contributed by atoms with Gasteiger partial charge in [0.2, 0.25) is 0 Å². The Morgan fingerprint density at radius 3 is 2.54 bits per heavy atom. The third kappa shape index (κ3) is 3.11. The lowest BCUT2D eigenvalue weighted by Gasteiger charge is -2.05. The van der Waals surface area contributed by atoms with E-state index in [4.69, 9.17) is 11.6 Å². The second-order valence-corrected chi connectivity index (χ2v) is 6.34. The number of fused-ring (bicyclic) bond motifs is 1. The van der Waals surface area contributed by atoms with E-state index in [-0.39, 0.29) is 5.82 Å². The molecule has 7 heteroatoms. The molecule has 1 N–H and O–H groups in total. The van der Waals surface area contributed by atoms with Crippen LogP contribution in [0, 0.1) is 5.82 Å². The van der Waals surface area contributed by atoms with Crippen molar-refractivity contribution in [3.8, 4) is 0 Å². The number of carbonyl (C=O) groups is 2. The van der Waals surface area contributed by atoms with Gasteiger partial charge in [-0.1, -0.05) is 11.6 Å². The van der Waals surface area contributed by atoms with E-state index >= 15 is 0 Å². The van der Waals surface area contributed by atoms with E-state index in [1.165, 1.54) is 19.2 Å². The van der Waals surface area contributed by atoms with Crippen molar-refractivity contribution in [2.45, 2.75) is 0 Å². The fourth-order valence-electron chi connectivity index (χ4n) is 2.18. The van der Waals surface area contributed by atoms with Gasteiger partial charge in [0, 0.05) is 15.8 Å². The quantitative estimate of drug-likeness (QED) is 0.684. The number of hydrogen-bond donors (Lipinski definition) is 1. The van der Waals surface area contributed by atoms with Gasteiger partial charge < -0.3 is 10.1 Å². The van der Waals surface area contributed by atoms with E-state index in [0.29, 0.717) is 31.2 Å². The number of nitrogens with one attached hydrogen (secondary N) is 1. The van der Waals surface area contributed by atoms with Crippen molar-refractivity contribution >= 4 is 50.6 Å². The summed E-state index contributed by atoms with van der Waals surface area (Å²) < 4.78 is 18.5. The Balaban J connectivity index is 1.85. The van der Waals surface area contributed by atoms with Crippen molar-refractivity contribution in [2.24, 2.45) is 0 Å². The fraction of sp³-hybridized carbons (Fsp3) is 0.0588. The van der Waals surface area contributed by atoms with Gasteiger partial charge in [-0.15, -0.1) is 11.3 Å². The van der Waals surface area contributed by atoms with Crippen molar-refractivity contribution in [1.82, 2.24) is 0 Å². The second kappa shape index (κ2) is 6.59. The van der Waals surface area contributed by atoms with Crippen molar-refractivity contribution in [1.29, 1.82) is 0 Å². The zero-order valence-electron chi connectivity index (χ0n) is 12.4. The Kier molecular flexibility index (Phi) is 4.51. The summed E-state index contributed by atoms with van der Waals surface area (Å²) in [7, 11) is 1.30. The summed E-state index contributed by atoms with van der Waals surface area (Å²) >= 11 is 7.34. The maximum atomic E-state index is 13.3. The van der Waals surface area contributed by atoms with Crippen molar-refractivity contribution in [3.63, 3.8) is 0 Å². The first-order chi connectivity index (χ1) is 11.5. The van der Waals surface area contributed by atoms with Crippen LogP contribution < -0.4 is 5.32 Å². The summed E-state index contributed by atoms with van der Waals surface area (Å²) in [6, 6.07) is 10.5. The van der Waals surface area contributed by atoms with Gasteiger partial charge >= 0.3 is 5.97 Å². The zero-order valence-corrected chi connectivity index (χ0v) is 14.0. The average molecular weight is 364 g/mol. The van der Waals surface area contributed by atoms with E-state index in [2.05, 4.69) is 10.1 Å². The molecular weight excluding hydrogens is 353 g/mol. The number of hydrogen-bond acceptors (Lipinski definition) is 4. The molecule has 1 amide bonds. The number of esters is 1. The molecule has 3 rings (SSSR count). The maximum absolute atomic E-state index is 13.3. The Bertz CT molecular complexity index is 937. The van der Waals surface area contributed by atoms with Crippen molar-refractivity contribution < 1.29 is 18.7 Å². The minimum Gasteiger partial charge on any atom is -0.465 e. The highest BCUT2D eigenvalue weighted by Gasteiger charge is 2.18. The molecule has 1 heterocycles. The van der Waals surface area contributed by atoms with Crippen LogP contribution in [0.5, 0.6) is 0 Å². The number of ether oxygens (including phenoxy) is 1. The normalized spacial score (nSPS) is 10.6. The molecule has 4 nitrogen and oxygen atoms in total. The number of anilines is 1. The molecule has 0 unspecified atom stereocenters. The molecule has 24 heavy (non-hydrogen) atoms. The SMILES string of the molecule is COC(=O)c1ccc(NC(=O)c2sc3cc(F)ccc3c2Cl)cc1. The van der Waals surface area contributed by atoms with Crippen LogP contribution in [-0.4, -0.2) is 19.0 Å². The highest BCUT2D eigenvalue weighted by Crippen LogP contribution is 2.36. The van der Waals surface area contributed by atoms with E-state index in [0.717, 1.165) is 11.3 Å². The van der Waals surface area contributed by atoms with E-state index in [1.807, 2.05) is 0 Å². The molecule has 0 saturated carbocycles.